The molecule has 1 aliphatic heterocycles. The number of aliphatic hydroxyl groups excluding tert-OH is 1. The number of aromatic nitrogens is 1. The van der Waals surface area contributed by atoms with Gasteiger partial charge >= 0.3 is 0 Å². The molecule has 0 radical (unpaired) electrons. The summed E-state index contributed by atoms with van der Waals surface area (Å²) in [5.74, 6) is 0.784. The van der Waals surface area contributed by atoms with Gasteiger partial charge in [-0.25, -0.2) is 0 Å². The molecule has 3 N–H and O–H groups in total. The number of nitrogens with one attached hydrogen (secondary N) is 2. The molecule has 8 nitrogen and oxygen atoms in total. The smallest absolute Gasteiger partial charge is 0.209 e. The van der Waals surface area contributed by atoms with Gasteiger partial charge in [0, 0.05) is 24.5 Å². The second-order valence-corrected chi connectivity index (χ2v) is 6.91. The van der Waals surface area contributed by atoms with Crippen LogP contribution in [0.3, 0.4) is 0 Å². The van der Waals surface area contributed by atoms with Gasteiger partial charge in [0.2, 0.25) is 12.2 Å². The van der Waals surface area contributed by atoms with Crippen molar-refractivity contribution in [1.82, 2.24) is 15.6 Å². The molecule has 0 unspecified atom stereocenters. The SMILES string of the molecule is CC1(C)Oc2ccc(C#N)cc2[C@@H](NC(=NC#N)NCc2ccncc2)[C@@H]1O. The monoisotopic (exact) mass is 376 g/mol. The second-order valence-electron chi connectivity index (χ2n) is 6.91. The topological polar surface area (TPSA) is 126 Å². The number of nitriles is 2. The third kappa shape index (κ3) is 4.03. The minimum absolute atomic E-state index is 0.217. The van der Waals surface area contributed by atoms with E-state index < -0.39 is 17.7 Å². The number of hydrogen-bond donors (Lipinski definition) is 3. The Kier molecular flexibility index (Phi) is 5.44. The first-order chi connectivity index (χ1) is 13.4. The number of fused-ring (bicyclic) bond motifs is 1. The van der Waals surface area contributed by atoms with Crippen molar-refractivity contribution in [2.45, 2.75) is 38.1 Å². The maximum Gasteiger partial charge on any atom is 0.209 e. The summed E-state index contributed by atoms with van der Waals surface area (Å²) in [6, 6.07) is 10.2. The Labute approximate surface area is 163 Å². The van der Waals surface area contributed by atoms with Gasteiger partial charge in [-0.1, -0.05) is 0 Å². The number of hydrogen-bond acceptors (Lipinski definition) is 6. The van der Waals surface area contributed by atoms with Gasteiger partial charge < -0.3 is 20.5 Å². The fraction of sp³-hybridized carbons (Fsp3) is 0.300. The molecule has 3 rings (SSSR count). The molecular formula is C20H20N6O2. The predicted octanol–water partition coefficient (Wildman–Crippen LogP) is 1.74. The molecule has 0 aliphatic carbocycles. The number of aliphatic imine (C=N–C) groups is 1. The summed E-state index contributed by atoms with van der Waals surface area (Å²) >= 11 is 0. The summed E-state index contributed by atoms with van der Waals surface area (Å²) in [6.07, 6.45) is 4.17. The second kappa shape index (κ2) is 7.95. The maximum absolute atomic E-state index is 10.9. The maximum atomic E-state index is 10.9. The van der Waals surface area contributed by atoms with E-state index >= 15 is 0 Å². The summed E-state index contributed by atoms with van der Waals surface area (Å²) in [4.78, 5) is 7.77. The largest absolute Gasteiger partial charge is 0.485 e. The lowest BCUT2D eigenvalue weighted by Gasteiger charge is -2.42. The lowest BCUT2D eigenvalue weighted by Crippen LogP contribution is -2.55. The average molecular weight is 376 g/mol. The number of pyridine rings is 1. The number of nitrogens with zero attached hydrogens (tertiary/aromatic N) is 4. The van der Waals surface area contributed by atoms with Gasteiger partial charge in [0.1, 0.15) is 17.5 Å². The van der Waals surface area contributed by atoms with Crippen molar-refractivity contribution in [3.8, 4) is 18.0 Å². The highest BCUT2D eigenvalue weighted by molar-refractivity contribution is 5.81. The van der Waals surface area contributed by atoms with E-state index in [1.165, 1.54) is 0 Å². The summed E-state index contributed by atoms with van der Waals surface area (Å²) in [7, 11) is 0. The van der Waals surface area contributed by atoms with Crippen LogP contribution >= 0.6 is 0 Å². The molecule has 1 aromatic carbocycles. The zero-order valence-electron chi connectivity index (χ0n) is 15.5. The van der Waals surface area contributed by atoms with E-state index in [4.69, 9.17) is 10.00 Å². The molecule has 28 heavy (non-hydrogen) atoms. The zero-order valence-corrected chi connectivity index (χ0v) is 15.5. The Morgan fingerprint density at radius 1 is 1.29 bits per heavy atom. The molecule has 0 saturated carbocycles. The van der Waals surface area contributed by atoms with Crippen LogP contribution < -0.4 is 15.4 Å². The molecule has 2 heterocycles. The lowest BCUT2D eigenvalue weighted by molar-refractivity contribution is -0.0612. The molecule has 1 aliphatic rings. The van der Waals surface area contributed by atoms with Crippen LogP contribution in [0.4, 0.5) is 0 Å². The number of benzene rings is 1. The number of aliphatic hydroxyl groups is 1. The third-order valence-corrected chi connectivity index (χ3v) is 4.54. The Balaban J connectivity index is 1.88. The molecule has 0 bridgehead atoms. The minimum Gasteiger partial charge on any atom is -0.485 e. The number of ether oxygens (including phenoxy) is 1. The fourth-order valence-corrected chi connectivity index (χ4v) is 3.03. The van der Waals surface area contributed by atoms with Crippen molar-refractivity contribution in [2.75, 3.05) is 0 Å². The fourth-order valence-electron chi connectivity index (χ4n) is 3.03. The standard InChI is InChI=1S/C20H20N6O2/c1-20(2)18(27)17(15-9-14(10-21)3-4-16(15)28-20)26-19(25-12-22)24-11-13-5-7-23-8-6-13/h3-9,17-18,27H,11H2,1-2H3,(H2,24,25,26)/t17-,18+/m1/s1. The molecule has 0 fully saturated rings. The highest BCUT2D eigenvalue weighted by Gasteiger charge is 2.43. The molecule has 0 amide bonds. The molecule has 142 valence electrons. The van der Waals surface area contributed by atoms with E-state index in [-0.39, 0.29) is 5.96 Å². The van der Waals surface area contributed by atoms with Crippen LogP contribution in [-0.2, 0) is 6.54 Å². The van der Waals surface area contributed by atoms with E-state index in [2.05, 4.69) is 26.7 Å². The molecule has 8 heteroatoms. The molecule has 2 atom stereocenters. The van der Waals surface area contributed by atoms with Gasteiger partial charge in [0.15, 0.2) is 0 Å². The summed E-state index contributed by atoms with van der Waals surface area (Å²) in [5, 5.41) is 35.3. The van der Waals surface area contributed by atoms with Gasteiger partial charge in [0.25, 0.3) is 0 Å². The van der Waals surface area contributed by atoms with E-state index in [1.807, 2.05) is 12.1 Å². The van der Waals surface area contributed by atoms with Gasteiger partial charge in [-0.15, -0.1) is 4.99 Å². The van der Waals surface area contributed by atoms with Crippen LogP contribution in [0.2, 0.25) is 0 Å². The van der Waals surface area contributed by atoms with Crippen LogP contribution in [0.1, 0.15) is 36.6 Å². The zero-order chi connectivity index (χ0) is 20.1. The van der Waals surface area contributed by atoms with Crippen LogP contribution in [-0.4, -0.2) is 27.8 Å². The first-order valence-corrected chi connectivity index (χ1v) is 8.72. The van der Waals surface area contributed by atoms with E-state index in [1.54, 1.807) is 50.6 Å². The molecule has 2 aromatic rings. The van der Waals surface area contributed by atoms with Crippen LogP contribution in [0.15, 0.2) is 47.7 Å². The predicted molar refractivity (Wildman–Crippen MR) is 102 cm³/mol. The van der Waals surface area contributed by atoms with Gasteiger partial charge in [0.05, 0.1) is 17.7 Å². The van der Waals surface area contributed by atoms with Gasteiger partial charge in [-0.05, 0) is 49.7 Å². The molecule has 0 spiro atoms. The Morgan fingerprint density at radius 2 is 2.04 bits per heavy atom. The first-order valence-electron chi connectivity index (χ1n) is 8.72. The number of guanidine groups is 1. The molecule has 1 aromatic heterocycles. The van der Waals surface area contributed by atoms with Crippen molar-refractivity contribution in [1.29, 1.82) is 10.5 Å². The van der Waals surface area contributed by atoms with E-state index in [9.17, 15) is 10.4 Å². The van der Waals surface area contributed by atoms with Crippen LogP contribution in [0, 0.1) is 22.8 Å². The first kappa shape index (κ1) is 19.2. The highest BCUT2D eigenvalue weighted by atomic mass is 16.5. The Hall–Kier alpha value is -3.62. The summed E-state index contributed by atoms with van der Waals surface area (Å²) in [5.41, 5.74) is 1.16. The van der Waals surface area contributed by atoms with Crippen molar-refractivity contribution in [2.24, 2.45) is 4.99 Å². The van der Waals surface area contributed by atoms with Gasteiger partial charge in [-0.2, -0.15) is 10.5 Å². The molecule has 0 saturated heterocycles. The van der Waals surface area contributed by atoms with Crippen LogP contribution in [0.5, 0.6) is 5.75 Å². The Bertz CT molecular complexity index is 959. The van der Waals surface area contributed by atoms with E-state index in [0.29, 0.717) is 23.4 Å². The quantitative estimate of drug-likeness (QED) is 0.423. The van der Waals surface area contributed by atoms with E-state index in [0.717, 1.165) is 5.56 Å². The lowest BCUT2D eigenvalue weighted by atomic mass is 9.86. The number of rotatable bonds is 3. The van der Waals surface area contributed by atoms with Crippen molar-refractivity contribution in [3.05, 3.63) is 59.4 Å². The highest BCUT2D eigenvalue weighted by Crippen LogP contribution is 2.40. The minimum atomic E-state index is -0.944. The van der Waals surface area contributed by atoms with Crippen LogP contribution in [0.25, 0.3) is 0 Å². The van der Waals surface area contributed by atoms with Crippen molar-refractivity contribution < 1.29 is 9.84 Å². The average Bonchev–Trinajstić information content (AvgIpc) is 2.70. The molecular weight excluding hydrogens is 356 g/mol. The summed E-state index contributed by atoms with van der Waals surface area (Å²) in [6.45, 7) is 3.97. The normalized spacial score (nSPS) is 20.1. The third-order valence-electron chi connectivity index (χ3n) is 4.54. The Morgan fingerprint density at radius 3 is 2.71 bits per heavy atom. The summed E-state index contributed by atoms with van der Waals surface area (Å²) < 4.78 is 5.90. The van der Waals surface area contributed by atoms with Crippen molar-refractivity contribution in [3.63, 3.8) is 0 Å². The van der Waals surface area contributed by atoms with Gasteiger partial charge in [-0.3, -0.25) is 4.98 Å². The van der Waals surface area contributed by atoms with Crippen molar-refractivity contribution >= 4 is 5.96 Å².